The van der Waals surface area contributed by atoms with Crippen molar-refractivity contribution in [3.05, 3.63) is 48.2 Å². The Balaban J connectivity index is 1.76. The van der Waals surface area contributed by atoms with Gasteiger partial charge < -0.3 is 14.3 Å². The van der Waals surface area contributed by atoms with E-state index in [0.29, 0.717) is 24.0 Å². The van der Waals surface area contributed by atoms with Gasteiger partial charge in [-0.2, -0.15) is 0 Å². The Hall–Kier alpha value is -2.56. The quantitative estimate of drug-likeness (QED) is 0.789. The van der Waals surface area contributed by atoms with Crippen LogP contribution in [0.15, 0.2) is 40.8 Å². The Morgan fingerprint density at radius 2 is 1.85 bits per heavy atom. The molecule has 0 radical (unpaired) electrons. The molecule has 0 spiro atoms. The Morgan fingerprint density at radius 1 is 1.05 bits per heavy atom. The molecule has 0 saturated heterocycles. The molecule has 20 heavy (non-hydrogen) atoms. The first-order valence-corrected chi connectivity index (χ1v) is 6.41. The van der Waals surface area contributed by atoms with E-state index in [0.717, 1.165) is 10.8 Å². The molecule has 2 aromatic carbocycles. The van der Waals surface area contributed by atoms with Gasteiger partial charge in [-0.25, -0.2) is 0 Å². The zero-order valence-electron chi connectivity index (χ0n) is 11.0. The molecule has 0 amide bonds. The van der Waals surface area contributed by atoms with E-state index < -0.39 is 0 Å². The summed E-state index contributed by atoms with van der Waals surface area (Å²) < 4.78 is 11.0. The minimum absolute atomic E-state index is 0.233. The van der Waals surface area contributed by atoms with Crippen molar-refractivity contribution >= 4 is 10.8 Å². The molecule has 5 nitrogen and oxygen atoms in total. The largest absolute Gasteiger partial charge is 0.508 e. The van der Waals surface area contributed by atoms with Gasteiger partial charge in [0.25, 0.3) is 5.89 Å². The monoisotopic (exact) mass is 270 g/mol. The standard InChI is InChI=1S/C15H14N2O3/c1-2-14-16-17-15(20-14)9-19-13-6-4-10-3-5-12(18)7-11(10)8-13/h3-8,18H,2,9H2,1H3. The van der Waals surface area contributed by atoms with Crippen LogP contribution in [0.1, 0.15) is 18.7 Å². The molecule has 0 unspecified atom stereocenters. The fourth-order valence-electron chi connectivity index (χ4n) is 1.94. The summed E-state index contributed by atoms with van der Waals surface area (Å²) in [7, 11) is 0. The second kappa shape index (κ2) is 5.21. The number of benzene rings is 2. The van der Waals surface area contributed by atoms with Crippen molar-refractivity contribution in [3.8, 4) is 11.5 Å². The summed E-state index contributed by atoms with van der Waals surface area (Å²) in [6.45, 7) is 2.19. The van der Waals surface area contributed by atoms with Crippen LogP contribution in [-0.2, 0) is 13.0 Å². The first-order valence-electron chi connectivity index (χ1n) is 6.41. The normalized spacial score (nSPS) is 10.8. The van der Waals surface area contributed by atoms with Gasteiger partial charge in [-0.05, 0) is 35.0 Å². The van der Waals surface area contributed by atoms with Gasteiger partial charge >= 0.3 is 0 Å². The number of aryl methyl sites for hydroxylation is 1. The molecule has 0 fully saturated rings. The number of ether oxygens (including phenoxy) is 1. The number of rotatable bonds is 4. The summed E-state index contributed by atoms with van der Waals surface area (Å²) in [5.74, 6) is 1.99. The maximum absolute atomic E-state index is 9.48. The zero-order chi connectivity index (χ0) is 13.9. The lowest BCUT2D eigenvalue weighted by atomic mass is 10.1. The molecular formula is C15H14N2O3. The molecule has 0 bridgehead atoms. The van der Waals surface area contributed by atoms with Gasteiger partial charge in [0.1, 0.15) is 11.5 Å². The molecule has 0 aliphatic rings. The van der Waals surface area contributed by atoms with Crippen LogP contribution in [0.3, 0.4) is 0 Å². The summed E-state index contributed by atoms with van der Waals surface area (Å²) in [4.78, 5) is 0. The number of fused-ring (bicyclic) bond motifs is 1. The van der Waals surface area contributed by atoms with E-state index in [1.807, 2.05) is 31.2 Å². The average molecular weight is 270 g/mol. The minimum atomic E-state index is 0.233. The Morgan fingerprint density at radius 3 is 2.65 bits per heavy atom. The van der Waals surface area contributed by atoms with Gasteiger partial charge in [-0.3, -0.25) is 0 Å². The van der Waals surface area contributed by atoms with Crippen molar-refractivity contribution < 1.29 is 14.3 Å². The lowest BCUT2D eigenvalue weighted by Gasteiger charge is -2.05. The highest BCUT2D eigenvalue weighted by Crippen LogP contribution is 2.24. The third kappa shape index (κ3) is 2.56. The fraction of sp³-hybridized carbons (Fsp3) is 0.200. The first-order chi connectivity index (χ1) is 9.74. The predicted octanol–water partition coefficient (Wildman–Crippen LogP) is 3.07. The Bertz CT molecular complexity index is 737. The van der Waals surface area contributed by atoms with Crippen molar-refractivity contribution in [3.63, 3.8) is 0 Å². The third-order valence-electron chi connectivity index (χ3n) is 2.97. The number of phenols is 1. The molecule has 3 rings (SSSR count). The van der Waals surface area contributed by atoms with Gasteiger partial charge in [0.2, 0.25) is 5.89 Å². The second-order valence-electron chi connectivity index (χ2n) is 4.43. The highest BCUT2D eigenvalue weighted by molar-refractivity contribution is 5.85. The Kier molecular flexibility index (Phi) is 3.25. The maximum atomic E-state index is 9.48. The maximum Gasteiger partial charge on any atom is 0.253 e. The number of nitrogens with zero attached hydrogens (tertiary/aromatic N) is 2. The number of aromatic nitrogens is 2. The molecule has 0 aliphatic heterocycles. The van der Waals surface area contributed by atoms with Crippen LogP contribution in [0.5, 0.6) is 11.5 Å². The van der Waals surface area contributed by atoms with Crippen molar-refractivity contribution in [2.45, 2.75) is 20.0 Å². The van der Waals surface area contributed by atoms with Crippen molar-refractivity contribution in [1.29, 1.82) is 0 Å². The lowest BCUT2D eigenvalue weighted by molar-refractivity contribution is 0.259. The molecular weight excluding hydrogens is 256 g/mol. The van der Waals surface area contributed by atoms with Crippen LogP contribution in [-0.4, -0.2) is 15.3 Å². The van der Waals surface area contributed by atoms with Crippen molar-refractivity contribution in [2.24, 2.45) is 0 Å². The van der Waals surface area contributed by atoms with E-state index >= 15 is 0 Å². The van der Waals surface area contributed by atoms with Crippen LogP contribution >= 0.6 is 0 Å². The second-order valence-corrected chi connectivity index (χ2v) is 4.43. The third-order valence-corrected chi connectivity index (χ3v) is 2.97. The van der Waals surface area contributed by atoms with Gasteiger partial charge in [0, 0.05) is 6.42 Å². The molecule has 0 saturated carbocycles. The summed E-state index contributed by atoms with van der Waals surface area (Å²) in [5, 5.41) is 19.2. The summed E-state index contributed by atoms with van der Waals surface area (Å²) in [6.07, 6.45) is 0.711. The van der Waals surface area contributed by atoms with Crippen molar-refractivity contribution in [2.75, 3.05) is 0 Å². The van der Waals surface area contributed by atoms with E-state index in [2.05, 4.69) is 10.2 Å². The zero-order valence-corrected chi connectivity index (χ0v) is 11.0. The summed E-state index contributed by atoms with van der Waals surface area (Å²) >= 11 is 0. The van der Waals surface area contributed by atoms with E-state index in [1.165, 1.54) is 0 Å². The number of hydrogen-bond donors (Lipinski definition) is 1. The predicted molar refractivity (Wildman–Crippen MR) is 73.6 cm³/mol. The number of aromatic hydroxyl groups is 1. The van der Waals surface area contributed by atoms with Gasteiger partial charge in [-0.1, -0.05) is 19.1 Å². The van der Waals surface area contributed by atoms with Crippen LogP contribution in [0, 0.1) is 0 Å². The molecule has 0 atom stereocenters. The SMILES string of the molecule is CCc1nnc(COc2ccc3ccc(O)cc3c2)o1. The molecule has 1 N–H and O–H groups in total. The van der Waals surface area contributed by atoms with E-state index in [4.69, 9.17) is 9.15 Å². The molecule has 1 aromatic heterocycles. The van der Waals surface area contributed by atoms with Gasteiger partial charge in [-0.15, -0.1) is 10.2 Å². The van der Waals surface area contributed by atoms with E-state index in [-0.39, 0.29) is 12.4 Å². The summed E-state index contributed by atoms with van der Waals surface area (Å²) in [5.41, 5.74) is 0. The summed E-state index contributed by atoms with van der Waals surface area (Å²) in [6, 6.07) is 10.9. The van der Waals surface area contributed by atoms with Gasteiger partial charge in [0.05, 0.1) is 0 Å². The van der Waals surface area contributed by atoms with Crippen LogP contribution in [0.25, 0.3) is 10.8 Å². The molecule has 0 aliphatic carbocycles. The Labute approximate surface area is 115 Å². The van der Waals surface area contributed by atoms with Gasteiger partial charge in [0.15, 0.2) is 6.61 Å². The number of hydrogen-bond acceptors (Lipinski definition) is 5. The average Bonchev–Trinajstić information content (AvgIpc) is 2.92. The number of phenolic OH excluding ortho intramolecular Hbond substituents is 1. The molecule has 3 aromatic rings. The van der Waals surface area contributed by atoms with Crippen LogP contribution in [0.2, 0.25) is 0 Å². The highest BCUT2D eigenvalue weighted by Gasteiger charge is 2.05. The van der Waals surface area contributed by atoms with E-state index in [1.54, 1.807) is 12.1 Å². The first kappa shape index (κ1) is 12.5. The van der Waals surface area contributed by atoms with Crippen molar-refractivity contribution in [1.82, 2.24) is 10.2 Å². The molecule has 5 heteroatoms. The minimum Gasteiger partial charge on any atom is -0.508 e. The van der Waals surface area contributed by atoms with Crippen LogP contribution in [0.4, 0.5) is 0 Å². The lowest BCUT2D eigenvalue weighted by Crippen LogP contribution is -1.95. The van der Waals surface area contributed by atoms with Crippen LogP contribution < -0.4 is 4.74 Å². The topological polar surface area (TPSA) is 68.4 Å². The molecule has 1 heterocycles. The fourth-order valence-corrected chi connectivity index (χ4v) is 1.94. The molecule has 102 valence electrons. The highest BCUT2D eigenvalue weighted by atomic mass is 16.5. The smallest absolute Gasteiger partial charge is 0.253 e. The van der Waals surface area contributed by atoms with E-state index in [9.17, 15) is 5.11 Å².